The molecule has 1 aliphatic heterocycles. The van der Waals surface area contributed by atoms with Crippen LogP contribution in [-0.2, 0) is 9.53 Å². The summed E-state index contributed by atoms with van der Waals surface area (Å²) in [5, 5.41) is 12.0. The molecule has 0 saturated carbocycles. The van der Waals surface area contributed by atoms with Crippen LogP contribution < -0.4 is 5.32 Å². The smallest absolute Gasteiger partial charge is 0.315 e. The van der Waals surface area contributed by atoms with Gasteiger partial charge in [-0.3, -0.25) is 9.78 Å². The van der Waals surface area contributed by atoms with Gasteiger partial charge in [-0.15, -0.1) is 0 Å². The first-order chi connectivity index (χ1) is 13.0. The lowest BCUT2D eigenvalue weighted by atomic mass is 9.98. The number of pyridine rings is 1. The third kappa shape index (κ3) is 4.45. The Morgan fingerprint density at radius 2 is 1.85 bits per heavy atom. The maximum atomic E-state index is 13.1. The number of aliphatic hydroxyl groups is 1. The maximum absolute atomic E-state index is 13.1. The Labute approximate surface area is 154 Å². The SMILES string of the molecule is O=C(N[C@H](CF)[C@H](O)c1ccc(-c2ccc(C3COC3)nc2)cc1)C(F)F. The van der Waals surface area contributed by atoms with Gasteiger partial charge in [-0.2, -0.15) is 8.78 Å². The number of benzene rings is 1. The van der Waals surface area contributed by atoms with Gasteiger partial charge < -0.3 is 15.2 Å². The molecule has 2 N–H and O–H groups in total. The van der Waals surface area contributed by atoms with Crippen molar-refractivity contribution in [3.05, 3.63) is 53.9 Å². The number of rotatable bonds is 7. The van der Waals surface area contributed by atoms with E-state index in [2.05, 4.69) is 4.98 Å². The van der Waals surface area contributed by atoms with Crippen LogP contribution >= 0.6 is 0 Å². The van der Waals surface area contributed by atoms with Crippen LogP contribution in [0.5, 0.6) is 0 Å². The Bertz CT molecular complexity index is 765. The van der Waals surface area contributed by atoms with Gasteiger partial charge >= 0.3 is 6.43 Å². The molecule has 0 bridgehead atoms. The predicted octanol–water partition coefficient (Wildman–Crippen LogP) is 2.62. The zero-order valence-corrected chi connectivity index (χ0v) is 14.3. The van der Waals surface area contributed by atoms with Crippen molar-refractivity contribution in [2.75, 3.05) is 19.9 Å². The molecule has 27 heavy (non-hydrogen) atoms. The molecule has 1 saturated heterocycles. The van der Waals surface area contributed by atoms with E-state index in [0.717, 1.165) is 16.8 Å². The molecular formula is C19H19F3N2O3. The molecule has 1 fully saturated rings. The van der Waals surface area contributed by atoms with E-state index < -0.39 is 31.2 Å². The number of carbonyl (C=O) groups excluding carboxylic acids is 1. The molecular weight excluding hydrogens is 361 g/mol. The third-order valence-corrected chi connectivity index (χ3v) is 4.50. The second kappa shape index (κ2) is 8.49. The average molecular weight is 380 g/mol. The molecule has 0 unspecified atom stereocenters. The summed E-state index contributed by atoms with van der Waals surface area (Å²) in [6, 6.07) is 8.97. The molecule has 0 spiro atoms. The van der Waals surface area contributed by atoms with E-state index in [1.54, 1.807) is 35.8 Å². The van der Waals surface area contributed by atoms with Crippen molar-refractivity contribution >= 4 is 5.91 Å². The lowest BCUT2D eigenvalue weighted by Gasteiger charge is -2.25. The number of hydrogen-bond donors (Lipinski definition) is 2. The molecule has 1 aliphatic rings. The molecule has 1 aromatic carbocycles. The normalized spacial score (nSPS) is 16.6. The standard InChI is InChI=1S/C19H19F3N2O3/c20-7-16(24-19(26)18(21)22)17(25)12-3-1-11(2-4-12)13-5-6-15(23-8-13)14-9-27-10-14/h1-6,8,14,16-18,25H,7,9-10H2,(H,24,26)/t16-,17-/m1/s1. The number of nitrogens with one attached hydrogen (secondary N) is 1. The Morgan fingerprint density at radius 1 is 1.19 bits per heavy atom. The van der Waals surface area contributed by atoms with Crippen LogP contribution in [0, 0.1) is 0 Å². The first-order valence-corrected chi connectivity index (χ1v) is 8.46. The van der Waals surface area contributed by atoms with Gasteiger partial charge in [0.1, 0.15) is 12.8 Å². The van der Waals surface area contributed by atoms with Crippen LogP contribution in [0.25, 0.3) is 11.1 Å². The fraction of sp³-hybridized carbons (Fsp3) is 0.368. The molecule has 2 atom stereocenters. The van der Waals surface area contributed by atoms with Crippen molar-refractivity contribution in [1.82, 2.24) is 10.3 Å². The first kappa shape index (κ1) is 19.3. The van der Waals surface area contributed by atoms with Crippen molar-refractivity contribution in [3.63, 3.8) is 0 Å². The van der Waals surface area contributed by atoms with Gasteiger partial charge in [-0.1, -0.05) is 30.3 Å². The number of aliphatic hydroxyl groups excluding tert-OH is 1. The van der Waals surface area contributed by atoms with E-state index >= 15 is 0 Å². The summed E-state index contributed by atoms with van der Waals surface area (Å²) >= 11 is 0. The number of alkyl halides is 3. The van der Waals surface area contributed by atoms with Crippen molar-refractivity contribution < 1.29 is 27.8 Å². The fourth-order valence-electron chi connectivity index (χ4n) is 2.78. The Balaban J connectivity index is 1.69. The number of nitrogens with zero attached hydrogens (tertiary/aromatic N) is 1. The number of ether oxygens (including phenoxy) is 1. The summed E-state index contributed by atoms with van der Waals surface area (Å²) in [7, 11) is 0. The molecule has 8 heteroatoms. The Kier molecular flexibility index (Phi) is 6.08. The molecule has 144 valence electrons. The van der Waals surface area contributed by atoms with Crippen LogP contribution in [-0.4, -0.2) is 48.4 Å². The highest BCUT2D eigenvalue weighted by molar-refractivity contribution is 5.79. The topological polar surface area (TPSA) is 71.5 Å². The number of carbonyl (C=O) groups is 1. The maximum Gasteiger partial charge on any atom is 0.315 e. The summed E-state index contributed by atoms with van der Waals surface area (Å²) in [4.78, 5) is 15.5. The lowest BCUT2D eigenvalue weighted by Crippen LogP contribution is -2.43. The van der Waals surface area contributed by atoms with E-state index in [1.165, 1.54) is 0 Å². The number of halogens is 3. The van der Waals surface area contributed by atoms with E-state index in [-0.39, 0.29) is 0 Å². The molecule has 1 amide bonds. The van der Waals surface area contributed by atoms with Crippen LogP contribution in [0.3, 0.4) is 0 Å². The minimum Gasteiger partial charge on any atom is -0.386 e. The van der Waals surface area contributed by atoms with Crippen molar-refractivity contribution in [2.45, 2.75) is 24.5 Å². The van der Waals surface area contributed by atoms with E-state index in [4.69, 9.17) is 4.74 Å². The zero-order valence-electron chi connectivity index (χ0n) is 14.3. The largest absolute Gasteiger partial charge is 0.386 e. The van der Waals surface area contributed by atoms with Gasteiger partial charge in [0.25, 0.3) is 5.91 Å². The highest BCUT2D eigenvalue weighted by Crippen LogP contribution is 2.26. The Morgan fingerprint density at radius 3 is 2.33 bits per heavy atom. The zero-order chi connectivity index (χ0) is 19.4. The summed E-state index contributed by atoms with van der Waals surface area (Å²) in [6.07, 6.45) is -2.96. The third-order valence-electron chi connectivity index (χ3n) is 4.50. The van der Waals surface area contributed by atoms with Gasteiger partial charge in [-0.25, -0.2) is 4.39 Å². The molecule has 0 radical (unpaired) electrons. The Hall–Kier alpha value is -2.45. The molecule has 3 rings (SSSR count). The van der Waals surface area contributed by atoms with Gasteiger partial charge in [0.15, 0.2) is 0 Å². The van der Waals surface area contributed by atoms with Crippen LogP contribution in [0.15, 0.2) is 42.6 Å². The first-order valence-electron chi connectivity index (χ1n) is 8.46. The van der Waals surface area contributed by atoms with E-state index in [9.17, 15) is 23.1 Å². The predicted molar refractivity (Wildman–Crippen MR) is 92.1 cm³/mol. The van der Waals surface area contributed by atoms with Gasteiger partial charge in [-0.05, 0) is 17.2 Å². The average Bonchev–Trinajstić information content (AvgIpc) is 2.64. The number of amides is 1. The molecule has 2 heterocycles. The monoisotopic (exact) mass is 380 g/mol. The quantitative estimate of drug-likeness (QED) is 0.775. The van der Waals surface area contributed by atoms with Crippen LogP contribution in [0.1, 0.15) is 23.3 Å². The lowest BCUT2D eigenvalue weighted by molar-refractivity contribution is -0.133. The summed E-state index contributed by atoms with van der Waals surface area (Å²) in [5.74, 6) is -1.28. The highest BCUT2D eigenvalue weighted by Gasteiger charge is 2.26. The highest BCUT2D eigenvalue weighted by atomic mass is 19.3. The second-order valence-corrected chi connectivity index (χ2v) is 6.34. The molecule has 0 aliphatic carbocycles. The molecule has 5 nitrogen and oxygen atoms in total. The van der Waals surface area contributed by atoms with Gasteiger partial charge in [0.05, 0.1) is 19.3 Å². The van der Waals surface area contributed by atoms with Crippen molar-refractivity contribution in [3.8, 4) is 11.1 Å². The van der Waals surface area contributed by atoms with Gasteiger partial charge in [0, 0.05) is 23.4 Å². The van der Waals surface area contributed by atoms with Crippen molar-refractivity contribution in [2.24, 2.45) is 0 Å². The number of aromatic nitrogens is 1. The minimum atomic E-state index is -3.27. The van der Waals surface area contributed by atoms with Gasteiger partial charge in [0.2, 0.25) is 0 Å². The molecule has 1 aromatic heterocycles. The number of hydrogen-bond acceptors (Lipinski definition) is 4. The van der Waals surface area contributed by atoms with E-state index in [0.29, 0.717) is 24.7 Å². The molecule has 2 aromatic rings. The van der Waals surface area contributed by atoms with E-state index in [1.807, 2.05) is 12.1 Å². The second-order valence-electron chi connectivity index (χ2n) is 6.34. The van der Waals surface area contributed by atoms with Crippen molar-refractivity contribution in [1.29, 1.82) is 0 Å². The van der Waals surface area contributed by atoms with Crippen LogP contribution in [0.4, 0.5) is 13.2 Å². The fourth-order valence-corrected chi connectivity index (χ4v) is 2.78. The summed E-state index contributed by atoms with van der Waals surface area (Å²) < 4.78 is 42.8. The summed E-state index contributed by atoms with van der Waals surface area (Å²) in [6.45, 7) is 0.186. The van der Waals surface area contributed by atoms with Crippen LogP contribution in [0.2, 0.25) is 0 Å². The minimum absolute atomic E-state index is 0.312. The summed E-state index contributed by atoms with van der Waals surface area (Å²) in [5.41, 5.74) is 2.99.